The van der Waals surface area contributed by atoms with Gasteiger partial charge >= 0.3 is 5.97 Å². The van der Waals surface area contributed by atoms with E-state index in [2.05, 4.69) is 16.0 Å². The van der Waals surface area contributed by atoms with E-state index in [1.165, 1.54) is 0 Å². The van der Waals surface area contributed by atoms with Gasteiger partial charge in [-0.3, -0.25) is 14.4 Å². The van der Waals surface area contributed by atoms with E-state index in [-0.39, 0.29) is 24.7 Å². The average Bonchev–Trinajstić information content (AvgIpc) is 2.86. The summed E-state index contributed by atoms with van der Waals surface area (Å²) in [5, 5.41) is 17.8. The largest absolute Gasteiger partial charge is 0.480 e. The van der Waals surface area contributed by atoms with Crippen LogP contribution >= 0.6 is 0 Å². The van der Waals surface area contributed by atoms with Crippen LogP contribution in [0.4, 0.5) is 0 Å². The summed E-state index contributed by atoms with van der Waals surface area (Å²) >= 11 is 0. The molecule has 0 radical (unpaired) electrons. The number of aryl methyl sites for hydroxylation is 1. The van der Waals surface area contributed by atoms with Crippen LogP contribution in [-0.4, -0.2) is 46.9 Å². The van der Waals surface area contributed by atoms with E-state index in [0.717, 1.165) is 11.1 Å². The van der Waals surface area contributed by atoms with Gasteiger partial charge in [-0.1, -0.05) is 81.4 Å². The van der Waals surface area contributed by atoms with E-state index in [1.54, 1.807) is 31.2 Å². The van der Waals surface area contributed by atoms with Crippen molar-refractivity contribution in [3.05, 3.63) is 71.8 Å². The molecule has 0 spiro atoms. The summed E-state index contributed by atoms with van der Waals surface area (Å²) in [6.45, 7) is 5.53. The van der Waals surface area contributed by atoms with E-state index in [1.807, 2.05) is 50.2 Å². The Kier molecular flexibility index (Phi) is 11.6. The monoisotopic (exact) mass is 495 g/mol. The van der Waals surface area contributed by atoms with E-state index in [4.69, 9.17) is 0 Å². The molecule has 0 heterocycles. The summed E-state index contributed by atoms with van der Waals surface area (Å²) in [6, 6.07) is 15.8. The summed E-state index contributed by atoms with van der Waals surface area (Å²) < 4.78 is 0. The van der Waals surface area contributed by atoms with Crippen LogP contribution in [0.5, 0.6) is 0 Å². The van der Waals surface area contributed by atoms with Crippen molar-refractivity contribution in [2.45, 2.75) is 71.0 Å². The third-order valence-electron chi connectivity index (χ3n) is 5.77. The van der Waals surface area contributed by atoms with Gasteiger partial charge in [0.05, 0.1) is 0 Å². The van der Waals surface area contributed by atoms with Gasteiger partial charge < -0.3 is 21.1 Å². The zero-order chi connectivity index (χ0) is 26.5. The minimum atomic E-state index is -1.15. The first-order valence-electron chi connectivity index (χ1n) is 12.4. The molecule has 2 aromatic carbocycles. The van der Waals surface area contributed by atoms with Gasteiger partial charge in [0, 0.05) is 12.8 Å². The summed E-state index contributed by atoms with van der Waals surface area (Å²) in [5.41, 5.74) is 1.81. The van der Waals surface area contributed by atoms with Gasteiger partial charge in [-0.25, -0.2) is 4.79 Å². The lowest BCUT2D eigenvalue weighted by molar-refractivity contribution is -0.142. The summed E-state index contributed by atoms with van der Waals surface area (Å²) in [6.07, 6.45) is 1.61. The van der Waals surface area contributed by atoms with Gasteiger partial charge in [-0.2, -0.15) is 0 Å². The number of hydrogen-bond donors (Lipinski definition) is 4. The first kappa shape index (κ1) is 28.6. The van der Waals surface area contributed by atoms with Gasteiger partial charge in [0.1, 0.15) is 18.1 Å². The van der Waals surface area contributed by atoms with Gasteiger partial charge in [0.2, 0.25) is 17.7 Å². The molecule has 0 saturated carbocycles. The van der Waals surface area contributed by atoms with E-state index in [0.29, 0.717) is 19.3 Å². The van der Waals surface area contributed by atoms with Crippen molar-refractivity contribution in [1.29, 1.82) is 0 Å². The van der Waals surface area contributed by atoms with Gasteiger partial charge in [0.25, 0.3) is 0 Å². The van der Waals surface area contributed by atoms with Gasteiger partial charge in [0.15, 0.2) is 0 Å². The highest BCUT2D eigenvalue weighted by molar-refractivity contribution is 5.93. The Hall–Kier alpha value is -3.68. The first-order valence-corrected chi connectivity index (χ1v) is 12.4. The number of nitrogens with one attached hydrogen (secondary N) is 3. The Morgan fingerprint density at radius 3 is 1.81 bits per heavy atom. The number of aliphatic carboxylic acids is 1. The Bertz CT molecular complexity index is 995. The third-order valence-corrected chi connectivity index (χ3v) is 5.77. The quantitative estimate of drug-likeness (QED) is 0.321. The highest BCUT2D eigenvalue weighted by atomic mass is 16.4. The number of rotatable bonds is 14. The predicted octanol–water partition coefficient (Wildman–Crippen LogP) is 2.86. The SMILES string of the molecule is CCC(=O)N[C@@H](CCc1ccccc1)C(=O)N[C@@H](CC(C)C)C(=O)N[C@@H](Cc1ccccc1)C(=O)O. The fraction of sp³-hybridized carbons (Fsp3) is 0.429. The van der Waals surface area contributed by atoms with Crippen molar-refractivity contribution in [3.8, 4) is 0 Å². The van der Waals surface area contributed by atoms with Crippen LogP contribution in [0.2, 0.25) is 0 Å². The molecule has 0 aliphatic rings. The molecule has 0 saturated heterocycles. The number of benzene rings is 2. The molecular weight excluding hydrogens is 458 g/mol. The smallest absolute Gasteiger partial charge is 0.326 e. The molecule has 8 nitrogen and oxygen atoms in total. The molecule has 0 fully saturated rings. The molecule has 8 heteroatoms. The predicted molar refractivity (Wildman–Crippen MR) is 138 cm³/mol. The van der Waals surface area contributed by atoms with Crippen molar-refractivity contribution in [2.24, 2.45) is 5.92 Å². The fourth-order valence-electron chi connectivity index (χ4n) is 3.82. The molecule has 0 aliphatic heterocycles. The molecule has 0 aromatic heterocycles. The lowest BCUT2D eigenvalue weighted by atomic mass is 10.00. The highest BCUT2D eigenvalue weighted by Crippen LogP contribution is 2.10. The zero-order valence-electron chi connectivity index (χ0n) is 21.2. The maximum absolute atomic E-state index is 13.2. The maximum atomic E-state index is 13.2. The molecule has 36 heavy (non-hydrogen) atoms. The molecule has 0 bridgehead atoms. The zero-order valence-corrected chi connectivity index (χ0v) is 21.2. The Morgan fingerprint density at radius 1 is 0.750 bits per heavy atom. The number of carbonyl (C=O) groups is 4. The van der Waals surface area contributed by atoms with Crippen LogP contribution < -0.4 is 16.0 Å². The van der Waals surface area contributed by atoms with Crippen molar-refractivity contribution in [1.82, 2.24) is 16.0 Å². The van der Waals surface area contributed by atoms with E-state index < -0.39 is 35.9 Å². The normalized spacial score (nSPS) is 13.3. The number of amides is 3. The molecule has 4 N–H and O–H groups in total. The van der Waals surface area contributed by atoms with Crippen LogP contribution in [0.3, 0.4) is 0 Å². The fourth-order valence-corrected chi connectivity index (χ4v) is 3.82. The standard InChI is InChI=1S/C28H37N3O5/c1-4-25(32)29-22(16-15-20-11-7-5-8-12-20)26(33)30-23(17-19(2)3)27(34)31-24(28(35)36)18-21-13-9-6-10-14-21/h5-14,19,22-24H,4,15-18H2,1-3H3,(H,29,32)(H,30,33)(H,31,34)(H,35,36)/t22-,23-,24-/m0/s1. The molecule has 2 rings (SSSR count). The molecule has 194 valence electrons. The second kappa shape index (κ2) is 14.7. The minimum Gasteiger partial charge on any atom is -0.480 e. The summed E-state index contributed by atoms with van der Waals surface area (Å²) in [5.74, 6) is -2.39. The van der Waals surface area contributed by atoms with Crippen LogP contribution in [-0.2, 0) is 32.0 Å². The summed E-state index contributed by atoms with van der Waals surface area (Å²) in [7, 11) is 0. The number of hydrogen-bond acceptors (Lipinski definition) is 4. The Labute approximate surface area is 212 Å². The lowest BCUT2D eigenvalue weighted by Crippen LogP contribution is -2.56. The number of carboxylic acids is 1. The highest BCUT2D eigenvalue weighted by Gasteiger charge is 2.30. The first-order chi connectivity index (χ1) is 17.2. The average molecular weight is 496 g/mol. The van der Waals surface area contributed by atoms with Gasteiger partial charge in [-0.05, 0) is 36.3 Å². The molecule has 3 amide bonds. The lowest BCUT2D eigenvalue weighted by Gasteiger charge is -2.25. The molecule has 0 aliphatic carbocycles. The number of carboxylic acid groups (broad SMARTS) is 1. The van der Waals surface area contributed by atoms with E-state index in [9.17, 15) is 24.3 Å². The Morgan fingerprint density at radius 2 is 1.28 bits per heavy atom. The van der Waals surface area contributed by atoms with E-state index >= 15 is 0 Å². The van der Waals surface area contributed by atoms with Gasteiger partial charge in [-0.15, -0.1) is 0 Å². The maximum Gasteiger partial charge on any atom is 0.326 e. The Balaban J connectivity index is 2.13. The third kappa shape index (κ3) is 9.90. The van der Waals surface area contributed by atoms with Crippen molar-refractivity contribution < 1.29 is 24.3 Å². The summed E-state index contributed by atoms with van der Waals surface area (Å²) in [4.78, 5) is 50.3. The molecular formula is C28H37N3O5. The van der Waals surface area contributed by atoms with Crippen LogP contribution in [0.15, 0.2) is 60.7 Å². The van der Waals surface area contributed by atoms with Crippen LogP contribution in [0, 0.1) is 5.92 Å². The molecule has 2 aromatic rings. The minimum absolute atomic E-state index is 0.0615. The van der Waals surface area contributed by atoms with Crippen molar-refractivity contribution in [2.75, 3.05) is 0 Å². The number of carbonyl (C=O) groups excluding carboxylic acids is 3. The van der Waals surface area contributed by atoms with Crippen LogP contribution in [0.1, 0.15) is 51.2 Å². The topological polar surface area (TPSA) is 125 Å². The van der Waals surface area contributed by atoms with Crippen LogP contribution in [0.25, 0.3) is 0 Å². The van der Waals surface area contributed by atoms with Crippen molar-refractivity contribution >= 4 is 23.7 Å². The molecule has 0 unspecified atom stereocenters. The second-order valence-electron chi connectivity index (χ2n) is 9.28. The second-order valence-corrected chi connectivity index (χ2v) is 9.28. The van der Waals surface area contributed by atoms with Crippen molar-refractivity contribution in [3.63, 3.8) is 0 Å². The molecule has 3 atom stereocenters.